The highest BCUT2D eigenvalue weighted by Crippen LogP contribution is 2.16. The Hall–Kier alpha value is -2.89. The SMILES string of the molecule is COc1ccc(S(=O)(=O)N[C@H](Cc2ccc(C#N)cc2)C(=O)O)cc1. The number of methoxy groups -OCH3 is 1. The fraction of sp³-hybridized carbons (Fsp3) is 0.176. The number of carbonyl (C=O) groups is 1. The van der Waals surface area contributed by atoms with Gasteiger partial charge in [-0.2, -0.15) is 9.98 Å². The summed E-state index contributed by atoms with van der Waals surface area (Å²) < 4.78 is 31.9. The molecule has 1 atom stereocenters. The van der Waals surface area contributed by atoms with Gasteiger partial charge in [0.25, 0.3) is 0 Å². The van der Waals surface area contributed by atoms with Crippen molar-refractivity contribution < 1.29 is 23.1 Å². The molecule has 2 aromatic carbocycles. The molecule has 0 saturated carbocycles. The van der Waals surface area contributed by atoms with Crippen LogP contribution in [0.15, 0.2) is 53.4 Å². The smallest absolute Gasteiger partial charge is 0.322 e. The molecule has 0 saturated heterocycles. The lowest BCUT2D eigenvalue weighted by molar-refractivity contribution is -0.138. The number of nitrogens with one attached hydrogen (secondary N) is 1. The Bertz CT molecular complexity index is 884. The number of carboxylic acid groups (broad SMARTS) is 1. The molecule has 8 heteroatoms. The second-order valence-corrected chi connectivity index (χ2v) is 6.91. The number of hydrogen-bond acceptors (Lipinski definition) is 5. The number of hydrogen-bond donors (Lipinski definition) is 2. The van der Waals surface area contributed by atoms with Gasteiger partial charge in [-0.1, -0.05) is 12.1 Å². The molecule has 0 aliphatic heterocycles. The van der Waals surface area contributed by atoms with Crippen LogP contribution in [0.1, 0.15) is 11.1 Å². The summed E-state index contributed by atoms with van der Waals surface area (Å²) in [5.74, 6) is -0.798. The van der Waals surface area contributed by atoms with E-state index in [0.717, 1.165) is 0 Å². The normalized spacial score (nSPS) is 12.2. The van der Waals surface area contributed by atoms with Gasteiger partial charge in [0.1, 0.15) is 11.8 Å². The molecule has 130 valence electrons. The van der Waals surface area contributed by atoms with Gasteiger partial charge in [0.15, 0.2) is 0 Å². The molecule has 2 rings (SSSR count). The van der Waals surface area contributed by atoms with Crippen LogP contribution in [-0.2, 0) is 21.2 Å². The molecule has 0 aliphatic carbocycles. The van der Waals surface area contributed by atoms with Crippen molar-refractivity contribution in [3.63, 3.8) is 0 Å². The van der Waals surface area contributed by atoms with E-state index < -0.39 is 22.0 Å². The second-order valence-electron chi connectivity index (χ2n) is 5.20. The molecule has 0 heterocycles. The van der Waals surface area contributed by atoms with Crippen LogP contribution in [0.25, 0.3) is 0 Å². The Kier molecular flexibility index (Phi) is 5.75. The maximum Gasteiger partial charge on any atom is 0.322 e. The summed E-state index contributed by atoms with van der Waals surface area (Å²) in [4.78, 5) is 11.4. The first kappa shape index (κ1) is 18.4. The Labute approximate surface area is 145 Å². The molecule has 2 aromatic rings. The maximum absolute atomic E-state index is 12.4. The number of nitriles is 1. The summed E-state index contributed by atoms with van der Waals surface area (Å²) in [6, 6.07) is 12.5. The van der Waals surface area contributed by atoms with Crippen LogP contribution in [-0.4, -0.2) is 32.6 Å². The van der Waals surface area contributed by atoms with Gasteiger partial charge in [-0.15, -0.1) is 0 Å². The third kappa shape index (κ3) is 4.79. The van der Waals surface area contributed by atoms with E-state index in [2.05, 4.69) is 4.72 Å². The second kappa shape index (κ2) is 7.79. The van der Waals surface area contributed by atoms with Crippen LogP contribution in [0.5, 0.6) is 5.75 Å². The lowest BCUT2D eigenvalue weighted by Crippen LogP contribution is -2.42. The molecule has 2 N–H and O–H groups in total. The monoisotopic (exact) mass is 360 g/mol. The first-order valence-electron chi connectivity index (χ1n) is 7.24. The molecule has 0 aromatic heterocycles. The van der Waals surface area contributed by atoms with Crippen LogP contribution < -0.4 is 9.46 Å². The van der Waals surface area contributed by atoms with Crippen LogP contribution >= 0.6 is 0 Å². The third-order valence-electron chi connectivity index (χ3n) is 3.49. The predicted octanol–water partition coefficient (Wildman–Crippen LogP) is 1.54. The van der Waals surface area contributed by atoms with E-state index in [9.17, 15) is 18.3 Å². The molecule has 0 radical (unpaired) electrons. The standard InChI is InChI=1S/C17H16N2O5S/c1-24-14-6-8-15(9-7-14)25(22,23)19-16(17(20)21)10-12-2-4-13(11-18)5-3-12/h2-9,16,19H,10H2,1H3,(H,20,21)/t16-/m1/s1. The molecule has 0 fully saturated rings. The van der Waals surface area contributed by atoms with Gasteiger partial charge in [-0.3, -0.25) is 4.79 Å². The fourth-order valence-corrected chi connectivity index (χ4v) is 3.33. The first-order valence-corrected chi connectivity index (χ1v) is 8.72. The van der Waals surface area contributed by atoms with Crippen molar-refractivity contribution in [1.29, 1.82) is 5.26 Å². The summed E-state index contributed by atoms with van der Waals surface area (Å²) in [5.41, 5.74) is 1.04. The number of aliphatic carboxylic acids is 1. The Morgan fingerprint density at radius 2 is 1.80 bits per heavy atom. The van der Waals surface area contributed by atoms with Crippen molar-refractivity contribution in [3.8, 4) is 11.8 Å². The highest BCUT2D eigenvalue weighted by Gasteiger charge is 2.25. The van der Waals surface area contributed by atoms with Gasteiger partial charge >= 0.3 is 5.97 Å². The number of carboxylic acids is 1. The number of rotatable bonds is 7. The van der Waals surface area contributed by atoms with Gasteiger partial charge in [0, 0.05) is 0 Å². The predicted molar refractivity (Wildman–Crippen MR) is 89.6 cm³/mol. The van der Waals surface area contributed by atoms with E-state index in [-0.39, 0.29) is 11.3 Å². The molecule has 0 amide bonds. The zero-order chi connectivity index (χ0) is 18.4. The van der Waals surface area contributed by atoms with E-state index in [4.69, 9.17) is 10.00 Å². The van der Waals surface area contributed by atoms with Crippen molar-refractivity contribution in [3.05, 3.63) is 59.7 Å². The van der Waals surface area contributed by atoms with E-state index in [1.54, 1.807) is 24.3 Å². The molecular formula is C17H16N2O5S. The molecule has 0 aliphatic rings. The molecule has 0 spiro atoms. The minimum absolute atomic E-state index is 0.0452. The molecule has 0 unspecified atom stereocenters. The number of ether oxygens (including phenoxy) is 1. The van der Waals surface area contributed by atoms with Crippen molar-refractivity contribution in [1.82, 2.24) is 4.72 Å². The number of nitrogens with zero attached hydrogens (tertiary/aromatic N) is 1. The highest BCUT2D eigenvalue weighted by atomic mass is 32.2. The Balaban J connectivity index is 2.19. The highest BCUT2D eigenvalue weighted by molar-refractivity contribution is 7.89. The lowest BCUT2D eigenvalue weighted by atomic mass is 10.1. The van der Waals surface area contributed by atoms with Gasteiger partial charge in [-0.05, 0) is 48.4 Å². The topological polar surface area (TPSA) is 116 Å². The summed E-state index contributed by atoms with van der Waals surface area (Å²) in [6.45, 7) is 0. The number of benzene rings is 2. The quantitative estimate of drug-likeness (QED) is 0.774. The van der Waals surface area contributed by atoms with Crippen molar-refractivity contribution in [2.24, 2.45) is 0 Å². The van der Waals surface area contributed by atoms with E-state index in [1.807, 2.05) is 6.07 Å². The first-order chi connectivity index (χ1) is 11.9. The van der Waals surface area contributed by atoms with Gasteiger partial charge in [0.05, 0.1) is 23.6 Å². The average molecular weight is 360 g/mol. The van der Waals surface area contributed by atoms with Crippen LogP contribution in [0, 0.1) is 11.3 Å². The van der Waals surface area contributed by atoms with Gasteiger partial charge in [0.2, 0.25) is 10.0 Å². The van der Waals surface area contributed by atoms with E-state index in [1.165, 1.54) is 31.4 Å². The lowest BCUT2D eigenvalue weighted by Gasteiger charge is -2.15. The zero-order valence-corrected chi connectivity index (χ0v) is 14.2. The summed E-state index contributed by atoms with van der Waals surface area (Å²) in [7, 11) is -2.54. The largest absolute Gasteiger partial charge is 0.497 e. The molecule has 25 heavy (non-hydrogen) atoms. The van der Waals surface area contributed by atoms with Crippen molar-refractivity contribution in [2.45, 2.75) is 17.4 Å². The molecule has 7 nitrogen and oxygen atoms in total. The Morgan fingerprint density at radius 3 is 2.28 bits per heavy atom. The van der Waals surface area contributed by atoms with Crippen LogP contribution in [0.3, 0.4) is 0 Å². The van der Waals surface area contributed by atoms with Crippen LogP contribution in [0.4, 0.5) is 0 Å². The van der Waals surface area contributed by atoms with Gasteiger partial charge < -0.3 is 9.84 Å². The summed E-state index contributed by atoms with van der Waals surface area (Å²) in [6.07, 6.45) is -0.0452. The fourth-order valence-electron chi connectivity index (χ4n) is 2.14. The van der Waals surface area contributed by atoms with E-state index >= 15 is 0 Å². The summed E-state index contributed by atoms with van der Waals surface area (Å²) in [5, 5.41) is 18.1. The van der Waals surface area contributed by atoms with Crippen molar-refractivity contribution >= 4 is 16.0 Å². The van der Waals surface area contributed by atoms with Crippen LogP contribution in [0.2, 0.25) is 0 Å². The van der Waals surface area contributed by atoms with Crippen molar-refractivity contribution in [2.75, 3.05) is 7.11 Å². The number of sulfonamides is 1. The minimum atomic E-state index is -4.00. The average Bonchev–Trinajstić information content (AvgIpc) is 2.61. The Morgan fingerprint density at radius 1 is 1.20 bits per heavy atom. The van der Waals surface area contributed by atoms with Gasteiger partial charge in [-0.25, -0.2) is 8.42 Å². The molecular weight excluding hydrogens is 344 g/mol. The minimum Gasteiger partial charge on any atom is -0.497 e. The molecule has 0 bridgehead atoms. The van der Waals surface area contributed by atoms with E-state index in [0.29, 0.717) is 16.9 Å². The third-order valence-corrected chi connectivity index (χ3v) is 4.98. The zero-order valence-electron chi connectivity index (χ0n) is 13.3. The summed E-state index contributed by atoms with van der Waals surface area (Å²) >= 11 is 0. The maximum atomic E-state index is 12.4.